The number of methoxy groups -OCH3 is 1. The number of hydrogen-bond acceptors (Lipinski definition) is 4. The normalized spacial score (nSPS) is 12.3. The van der Waals surface area contributed by atoms with E-state index in [0.29, 0.717) is 13.2 Å². The summed E-state index contributed by atoms with van der Waals surface area (Å²) in [7, 11) is 1.66. The van der Waals surface area contributed by atoms with Crippen molar-refractivity contribution in [2.24, 2.45) is 5.73 Å². The topological polar surface area (TPSA) is 66.0 Å². The Labute approximate surface area is 107 Å². The Balaban J connectivity index is 2.55. The van der Waals surface area contributed by atoms with Gasteiger partial charge in [-0.25, -0.2) is 9.97 Å². The number of nitrogens with zero attached hydrogens (tertiary/aromatic N) is 3. The number of imidazole rings is 1. The van der Waals surface area contributed by atoms with Crippen LogP contribution in [0.5, 0.6) is 0 Å². The Hall–Kier alpha value is -1.46. The summed E-state index contributed by atoms with van der Waals surface area (Å²) < 4.78 is 7.23. The minimum Gasteiger partial charge on any atom is -0.377 e. The molecule has 0 saturated heterocycles. The molecule has 5 heteroatoms. The van der Waals surface area contributed by atoms with Crippen LogP contribution in [0.15, 0.2) is 12.3 Å². The van der Waals surface area contributed by atoms with E-state index < -0.39 is 0 Å². The lowest BCUT2D eigenvalue weighted by molar-refractivity contribution is 0.173. The van der Waals surface area contributed by atoms with Gasteiger partial charge in [0.1, 0.15) is 17.9 Å². The molecule has 2 aromatic heterocycles. The van der Waals surface area contributed by atoms with Gasteiger partial charge < -0.3 is 15.0 Å². The Morgan fingerprint density at radius 2 is 2.17 bits per heavy atom. The van der Waals surface area contributed by atoms with Gasteiger partial charge in [0.15, 0.2) is 5.65 Å². The van der Waals surface area contributed by atoms with Crippen LogP contribution < -0.4 is 5.73 Å². The largest absolute Gasteiger partial charge is 0.377 e. The maximum Gasteiger partial charge on any atom is 0.160 e. The number of nitrogens with two attached hydrogens (primary N) is 1. The van der Waals surface area contributed by atoms with E-state index in [1.165, 1.54) is 0 Å². The lowest BCUT2D eigenvalue weighted by Gasteiger charge is -2.20. The van der Waals surface area contributed by atoms with Gasteiger partial charge in [-0.05, 0) is 32.4 Å². The van der Waals surface area contributed by atoms with E-state index in [1.54, 1.807) is 7.11 Å². The zero-order valence-electron chi connectivity index (χ0n) is 11.4. The fourth-order valence-corrected chi connectivity index (χ4v) is 1.97. The Kier molecular flexibility index (Phi) is 3.36. The molecular formula is C13H20N4O. The minimum atomic E-state index is -0.317. The first kappa shape index (κ1) is 13.0. The van der Waals surface area contributed by atoms with Crippen LogP contribution in [-0.4, -0.2) is 27.2 Å². The number of fused-ring (bicyclic) bond motifs is 1. The Morgan fingerprint density at radius 1 is 1.44 bits per heavy atom. The molecule has 0 bridgehead atoms. The predicted molar refractivity (Wildman–Crippen MR) is 71.2 cm³/mol. The molecule has 0 saturated carbocycles. The van der Waals surface area contributed by atoms with Crippen molar-refractivity contribution >= 4 is 11.2 Å². The van der Waals surface area contributed by atoms with E-state index in [0.717, 1.165) is 22.6 Å². The molecule has 98 valence electrons. The maximum absolute atomic E-state index is 6.10. The second kappa shape index (κ2) is 4.66. The molecule has 0 aliphatic rings. The van der Waals surface area contributed by atoms with Crippen LogP contribution in [0.1, 0.15) is 25.2 Å². The third kappa shape index (κ3) is 2.68. The maximum atomic E-state index is 6.10. The van der Waals surface area contributed by atoms with Crippen molar-refractivity contribution in [3.05, 3.63) is 23.7 Å². The summed E-state index contributed by atoms with van der Waals surface area (Å²) in [4.78, 5) is 9.02. The molecule has 0 aromatic carbocycles. The number of hydrogen-bond donors (Lipinski definition) is 1. The van der Waals surface area contributed by atoms with E-state index >= 15 is 0 Å². The highest BCUT2D eigenvalue weighted by Gasteiger charge is 2.18. The summed E-state index contributed by atoms with van der Waals surface area (Å²) in [6.07, 6.45) is 1.85. The summed E-state index contributed by atoms with van der Waals surface area (Å²) in [5.41, 5.74) is 8.64. The summed E-state index contributed by atoms with van der Waals surface area (Å²) in [6.45, 7) is 7.12. The van der Waals surface area contributed by atoms with Crippen LogP contribution in [-0.2, 0) is 17.9 Å². The molecule has 0 atom stereocenters. The fraction of sp³-hybridized carbons (Fsp3) is 0.538. The molecule has 0 fully saturated rings. The quantitative estimate of drug-likeness (QED) is 0.893. The van der Waals surface area contributed by atoms with E-state index in [4.69, 9.17) is 10.5 Å². The molecule has 0 unspecified atom stereocenters. The third-order valence-corrected chi connectivity index (χ3v) is 2.64. The first-order valence-electron chi connectivity index (χ1n) is 6.00. The van der Waals surface area contributed by atoms with Gasteiger partial charge in [0.05, 0.1) is 0 Å². The summed E-state index contributed by atoms with van der Waals surface area (Å²) >= 11 is 0. The van der Waals surface area contributed by atoms with Crippen molar-refractivity contribution in [3.8, 4) is 0 Å². The lowest BCUT2D eigenvalue weighted by atomic mass is 10.1. The summed E-state index contributed by atoms with van der Waals surface area (Å²) in [5.74, 6) is 0.865. The second-order valence-corrected chi connectivity index (χ2v) is 5.39. The number of pyridine rings is 1. The van der Waals surface area contributed by atoms with Crippen molar-refractivity contribution in [2.75, 3.05) is 7.11 Å². The van der Waals surface area contributed by atoms with Gasteiger partial charge in [-0.1, -0.05) is 0 Å². The average Bonchev–Trinajstić information content (AvgIpc) is 2.54. The molecular weight excluding hydrogens is 228 g/mol. The highest BCUT2D eigenvalue weighted by atomic mass is 16.5. The molecule has 0 aliphatic heterocycles. The molecule has 2 rings (SSSR count). The van der Waals surface area contributed by atoms with Gasteiger partial charge in [0, 0.05) is 25.4 Å². The zero-order valence-corrected chi connectivity index (χ0v) is 11.4. The molecule has 0 spiro atoms. The highest BCUT2D eigenvalue weighted by Crippen LogP contribution is 2.18. The van der Waals surface area contributed by atoms with Gasteiger partial charge in [-0.15, -0.1) is 0 Å². The molecule has 2 heterocycles. The third-order valence-electron chi connectivity index (χ3n) is 2.64. The minimum absolute atomic E-state index is 0.317. The molecule has 0 radical (unpaired) electrons. The zero-order chi connectivity index (χ0) is 13.3. The first-order chi connectivity index (χ1) is 8.40. The Morgan fingerprint density at radius 3 is 2.78 bits per heavy atom. The number of ether oxygens (including phenoxy) is 1. The van der Waals surface area contributed by atoms with Crippen LogP contribution in [0.4, 0.5) is 0 Å². The summed E-state index contributed by atoms with van der Waals surface area (Å²) in [6, 6.07) is 2.03. The van der Waals surface area contributed by atoms with E-state index in [2.05, 4.69) is 9.97 Å². The van der Waals surface area contributed by atoms with E-state index in [1.807, 2.05) is 37.6 Å². The monoisotopic (exact) mass is 248 g/mol. The number of aromatic nitrogens is 3. The molecule has 18 heavy (non-hydrogen) atoms. The number of rotatable bonds is 4. The van der Waals surface area contributed by atoms with Crippen LogP contribution in [0.25, 0.3) is 11.2 Å². The van der Waals surface area contributed by atoms with Crippen LogP contribution in [0.2, 0.25) is 0 Å². The second-order valence-electron chi connectivity index (χ2n) is 5.39. The molecule has 0 aliphatic carbocycles. The smallest absolute Gasteiger partial charge is 0.160 e. The molecule has 2 aromatic rings. The van der Waals surface area contributed by atoms with Gasteiger partial charge in [0.25, 0.3) is 0 Å². The van der Waals surface area contributed by atoms with Crippen molar-refractivity contribution < 1.29 is 4.74 Å². The van der Waals surface area contributed by atoms with Crippen LogP contribution in [0.3, 0.4) is 0 Å². The SMILES string of the molecule is COCc1nc2cc(C)cnc2n1CC(C)(C)N. The van der Waals surface area contributed by atoms with Crippen molar-refractivity contribution in [1.29, 1.82) is 0 Å². The van der Waals surface area contributed by atoms with Crippen LogP contribution in [0, 0.1) is 6.92 Å². The fourth-order valence-electron chi connectivity index (χ4n) is 1.97. The van der Waals surface area contributed by atoms with Crippen molar-refractivity contribution in [2.45, 2.75) is 39.5 Å². The van der Waals surface area contributed by atoms with Crippen molar-refractivity contribution in [3.63, 3.8) is 0 Å². The van der Waals surface area contributed by atoms with Gasteiger partial charge in [-0.3, -0.25) is 0 Å². The van der Waals surface area contributed by atoms with Crippen molar-refractivity contribution in [1.82, 2.24) is 14.5 Å². The predicted octanol–water partition coefficient (Wildman–Crippen LogP) is 1.62. The average molecular weight is 248 g/mol. The first-order valence-corrected chi connectivity index (χ1v) is 6.00. The van der Waals surface area contributed by atoms with Gasteiger partial charge in [0.2, 0.25) is 0 Å². The molecule has 0 amide bonds. The Bertz CT molecular complexity index is 554. The highest BCUT2D eigenvalue weighted by molar-refractivity contribution is 5.72. The van der Waals surface area contributed by atoms with Gasteiger partial charge >= 0.3 is 0 Å². The molecule has 2 N–H and O–H groups in total. The summed E-state index contributed by atoms with van der Waals surface area (Å²) in [5, 5.41) is 0. The molecule has 5 nitrogen and oxygen atoms in total. The lowest BCUT2D eigenvalue weighted by Crippen LogP contribution is -2.37. The van der Waals surface area contributed by atoms with E-state index in [-0.39, 0.29) is 5.54 Å². The van der Waals surface area contributed by atoms with E-state index in [9.17, 15) is 0 Å². The number of aryl methyl sites for hydroxylation is 1. The standard InChI is InChI=1S/C13H20N4O/c1-9-5-10-12(15-6-9)17(8-13(2,3)14)11(16-10)7-18-4/h5-6H,7-8,14H2,1-4H3. The van der Waals surface area contributed by atoms with Gasteiger partial charge in [-0.2, -0.15) is 0 Å². The van der Waals surface area contributed by atoms with Crippen LogP contribution >= 0.6 is 0 Å².